The normalized spacial score (nSPS) is 11.8. The predicted octanol–water partition coefficient (Wildman–Crippen LogP) is 4.75. The summed E-state index contributed by atoms with van der Waals surface area (Å²) in [6.07, 6.45) is -4.43. The molecule has 2 aromatic rings. The van der Waals surface area contributed by atoms with Gasteiger partial charge < -0.3 is 10.6 Å². The Morgan fingerprint density at radius 3 is 2.18 bits per heavy atom. The molecule has 2 aromatic carbocycles. The Labute approximate surface area is 159 Å². The van der Waals surface area contributed by atoms with E-state index in [9.17, 15) is 28.1 Å². The maximum absolute atomic E-state index is 12.6. The zero-order chi connectivity index (χ0) is 21.1. The number of alkyl halides is 3. The molecule has 6 nitrogen and oxygen atoms in total. The van der Waals surface area contributed by atoms with Gasteiger partial charge in [-0.25, -0.2) is 0 Å². The van der Waals surface area contributed by atoms with E-state index in [0.29, 0.717) is 5.56 Å². The van der Waals surface area contributed by atoms with Crippen LogP contribution in [-0.4, -0.2) is 16.4 Å². The second kappa shape index (κ2) is 7.87. The van der Waals surface area contributed by atoms with Crippen LogP contribution < -0.4 is 10.6 Å². The van der Waals surface area contributed by atoms with E-state index in [4.69, 9.17) is 0 Å². The van der Waals surface area contributed by atoms with Crippen LogP contribution in [0.1, 0.15) is 42.3 Å². The summed E-state index contributed by atoms with van der Waals surface area (Å²) in [5.74, 6) is -0.419. The van der Waals surface area contributed by atoms with Crippen molar-refractivity contribution in [3.05, 3.63) is 69.3 Å². The van der Waals surface area contributed by atoms with Crippen LogP contribution >= 0.6 is 0 Å². The number of non-ortho nitro benzene ring substituents is 1. The average molecular weight is 395 g/mol. The first-order chi connectivity index (χ1) is 12.9. The maximum atomic E-state index is 12.6. The van der Waals surface area contributed by atoms with Crippen molar-refractivity contribution in [3.8, 4) is 0 Å². The first kappa shape index (κ1) is 21.2. The van der Waals surface area contributed by atoms with E-state index in [0.717, 1.165) is 12.1 Å². The Bertz CT molecular complexity index is 873. The fourth-order valence-corrected chi connectivity index (χ4v) is 2.41. The van der Waals surface area contributed by atoms with Crippen molar-refractivity contribution in [1.82, 2.24) is 5.32 Å². The van der Waals surface area contributed by atoms with Gasteiger partial charge in [0.15, 0.2) is 0 Å². The Morgan fingerprint density at radius 2 is 1.68 bits per heavy atom. The fraction of sp³-hybridized carbons (Fsp3) is 0.316. The summed E-state index contributed by atoms with van der Waals surface area (Å²) in [7, 11) is 0. The molecule has 0 aromatic heterocycles. The number of hydrogen-bond acceptors (Lipinski definition) is 4. The number of benzene rings is 2. The second-order valence-corrected chi connectivity index (χ2v) is 7.24. The summed E-state index contributed by atoms with van der Waals surface area (Å²) in [6.45, 7) is 5.48. The summed E-state index contributed by atoms with van der Waals surface area (Å²) >= 11 is 0. The molecule has 0 spiro atoms. The van der Waals surface area contributed by atoms with Gasteiger partial charge in [0.05, 0.1) is 21.7 Å². The molecule has 0 aliphatic carbocycles. The average Bonchev–Trinajstić information content (AvgIpc) is 2.57. The van der Waals surface area contributed by atoms with E-state index >= 15 is 0 Å². The van der Waals surface area contributed by atoms with Crippen LogP contribution in [0.2, 0.25) is 0 Å². The van der Waals surface area contributed by atoms with E-state index in [1.165, 1.54) is 30.3 Å². The van der Waals surface area contributed by atoms with E-state index in [1.54, 1.807) is 20.8 Å². The summed E-state index contributed by atoms with van der Waals surface area (Å²) < 4.78 is 37.9. The maximum Gasteiger partial charge on any atom is 0.416 e. The van der Waals surface area contributed by atoms with Crippen molar-refractivity contribution < 1.29 is 22.9 Å². The van der Waals surface area contributed by atoms with Crippen LogP contribution in [0, 0.1) is 10.1 Å². The molecule has 0 fully saturated rings. The SMILES string of the molecule is CC(C)(C)NC(=O)c1ccc([N+](=O)[O-])cc1NCc1ccc(C(F)(F)F)cc1. The molecule has 2 N–H and O–H groups in total. The molecule has 0 bridgehead atoms. The van der Waals surface area contributed by atoms with Gasteiger partial charge in [-0.3, -0.25) is 14.9 Å². The molecule has 0 aliphatic rings. The molecule has 9 heteroatoms. The van der Waals surface area contributed by atoms with Crippen LogP contribution in [0.25, 0.3) is 0 Å². The van der Waals surface area contributed by atoms with Gasteiger partial charge in [0.25, 0.3) is 11.6 Å². The number of nitrogens with one attached hydrogen (secondary N) is 2. The summed E-state index contributed by atoms with van der Waals surface area (Å²) in [5, 5.41) is 16.7. The highest BCUT2D eigenvalue weighted by Gasteiger charge is 2.30. The third-order valence-electron chi connectivity index (χ3n) is 3.71. The zero-order valence-electron chi connectivity index (χ0n) is 15.6. The van der Waals surface area contributed by atoms with Gasteiger partial charge in [0, 0.05) is 24.2 Å². The molecular weight excluding hydrogens is 375 g/mol. The van der Waals surface area contributed by atoms with Gasteiger partial charge >= 0.3 is 6.18 Å². The van der Waals surface area contributed by atoms with Crippen LogP contribution in [0.4, 0.5) is 24.5 Å². The first-order valence-corrected chi connectivity index (χ1v) is 8.38. The van der Waals surface area contributed by atoms with Gasteiger partial charge in [0.2, 0.25) is 0 Å². The minimum absolute atomic E-state index is 0.0924. The summed E-state index contributed by atoms with van der Waals surface area (Å²) in [6, 6.07) is 8.32. The first-order valence-electron chi connectivity index (χ1n) is 8.38. The molecule has 0 unspecified atom stereocenters. The number of nitro benzene ring substituents is 1. The number of anilines is 1. The second-order valence-electron chi connectivity index (χ2n) is 7.24. The highest BCUT2D eigenvalue weighted by Crippen LogP contribution is 2.29. The van der Waals surface area contributed by atoms with Crippen molar-refractivity contribution in [2.24, 2.45) is 0 Å². The van der Waals surface area contributed by atoms with Gasteiger partial charge in [-0.1, -0.05) is 12.1 Å². The van der Waals surface area contributed by atoms with E-state index < -0.39 is 28.1 Å². The number of rotatable bonds is 5. The van der Waals surface area contributed by atoms with Gasteiger partial charge in [-0.05, 0) is 44.5 Å². The van der Waals surface area contributed by atoms with Crippen molar-refractivity contribution >= 4 is 17.3 Å². The molecule has 0 atom stereocenters. The largest absolute Gasteiger partial charge is 0.416 e. The van der Waals surface area contributed by atoms with Gasteiger partial charge in [-0.2, -0.15) is 13.2 Å². The number of halogens is 3. The smallest absolute Gasteiger partial charge is 0.380 e. The quantitative estimate of drug-likeness (QED) is 0.565. The van der Waals surface area contributed by atoms with Gasteiger partial charge in [-0.15, -0.1) is 0 Å². The highest BCUT2D eigenvalue weighted by molar-refractivity contribution is 6.00. The third-order valence-corrected chi connectivity index (χ3v) is 3.71. The van der Waals surface area contributed by atoms with Crippen molar-refractivity contribution in [2.45, 2.75) is 39.0 Å². The van der Waals surface area contributed by atoms with Crippen molar-refractivity contribution in [3.63, 3.8) is 0 Å². The fourth-order valence-electron chi connectivity index (χ4n) is 2.41. The van der Waals surface area contributed by atoms with Crippen LogP contribution in [-0.2, 0) is 12.7 Å². The number of nitro groups is 1. The lowest BCUT2D eigenvalue weighted by Crippen LogP contribution is -2.40. The third kappa shape index (κ3) is 5.70. The lowest BCUT2D eigenvalue weighted by atomic mass is 10.1. The topological polar surface area (TPSA) is 84.3 Å². The Morgan fingerprint density at radius 1 is 1.07 bits per heavy atom. The monoisotopic (exact) mass is 395 g/mol. The highest BCUT2D eigenvalue weighted by atomic mass is 19.4. The minimum Gasteiger partial charge on any atom is -0.380 e. The Kier molecular flexibility index (Phi) is 5.96. The van der Waals surface area contributed by atoms with E-state index in [-0.39, 0.29) is 23.5 Å². The van der Waals surface area contributed by atoms with Crippen LogP contribution in [0.3, 0.4) is 0 Å². The van der Waals surface area contributed by atoms with Gasteiger partial charge in [0.1, 0.15) is 0 Å². The molecule has 2 rings (SSSR count). The lowest BCUT2D eigenvalue weighted by molar-refractivity contribution is -0.384. The number of amides is 1. The minimum atomic E-state index is -4.43. The number of carbonyl (C=O) groups is 1. The molecule has 0 heterocycles. The molecular formula is C19H20F3N3O3. The Hall–Kier alpha value is -3.10. The number of carbonyl (C=O) groups excluding carboxylic acids is 1. The molecule has 0 saturated carbocycles. The molecule has 0 radical (unpaired) electrons. The summed E-state index contributed by atoms with van der Waals surface area (Å²) in [5.41, 5.74) is -0.534. The molecule has 1 amide bonds. The van der Waals surface area contributed by atoms with E-state index in [1.807, 2.05) is 0 Å². The predicted molar refractivity (Wildman–Crippen MR) is 99.1 cm³/mol. The Balaban J connectivity index is 2.25. The molecule has 28 heavy (non-hydrogen) atoms. The molecule has 150 valence electrons. The number of nitrogens with zero attached hydrogens (tertiary/aromatic N) is 1. The molecule has 0 saturated heterocycles. The van der Waals surface area contributed by atoms with Crippen molar-refractivity contribution in [1.29, 1.82) is 0 Å². The van der Waals surface area contributed by atoms with Crippen LogP contribution in [0.5, 0.6) is 0 Å². The zero-order valence-corrected chi connectivity index (χ0v) is 15.6. The van der Waals surface area contributed by atoms with E-state index in [2.05, 4.69) is 10.6 Å². The van der Waals surface area contributed by atoms with Crippen LogP contribution in [0.15, 0.2) is 42.5 Å². The lowest BCUT2D eigenvalue weighted by Gasteiger charge is -2.21. The summed E-state index contributed by atoms with van der Waals surface area (Å²) in [4.78, 5) is 22.9. The standard InChI is InChI=1S/C19H20F3N3O3/c1-18(2,3)24-17(26)15-9-8-14(25(27)28)10-16(15)23-11-12-4-6-13(7-5-12)19(20,21)22/h4-10,23H,11H2,1-3H3,(H,24,26). The van der Waals surface area contributed by atoms with Crippen molar-refractivity contribution in [2.75, 3.05) is 5.32 Å². The molecule has 0 aliphatic heterocycles. The number of hydrogen-bond donors (Lipinski definition) is 2.